The number of hydrogen-bond acceptors (Lipinski definition) is 2. The van der Waals surface area contributed by atoms with Gasteiger partial charge in [0.25, 0.3) is 0 Å². The summed E-state index contributed by atoms with van der Waals surface area (Å²) in [7, 11) is 0. The smallest absolute Gasteiger partial charge is 0.225 e. The van der Waals surface area contributed by atoms with Crippen molar-refractivity contribution in [2.75, 3.05) is 19.6 Å². The van der Waals surface area contributed by atoms with Gasteiger partial charge in [0, 0.05) is 19.0 Å². The van der Waals surface area contributed by atoms with E-state index in [1.165, 1.54) is 32.1 Å². The van der Waals surface area contributed by atoms with Crippen LogP contribution in [0.25, 0.3) is 0 Å². The topological polar surface area (TPSA) is 46.3 Å². The maximum Gasteiger partial charge on any atom is 0.225 e. The number of rotatable bonds is 2. The summed E-state index contributed by atoms with van der Waals surface area (Å²) in [4.78, 5) is 14.6. The highest BCUT2D eigenvalue weighted by Crippen LogP contribution is 2.26. The second-order valence-electron chi connectivity index (χ2n) is 6.05. The fourth-order valence-electron chi connectivity index (χ4n) is 3.35. The first-order valence-corrected chi connectivity index (χ1v) is 7.80. The van der Waals surface area contributed by atoms with Crippen LogP contribution in [0.3, 0.4) is 0 Å². The molecule has 0 aromatic carbocycles. The van der Waals surface area contributed by atoms with Crippen molar-refractivity contribution in [2.24, 2.45) is 17.6 Å². The van der Waals surface area contributed by atoms with Crippen molar-refractivity contribution >= 4 is 18.3 Å². The number of likely N-dealkylation sites (tertiary alicyclic amines) is 1. The number of halogens is 1. The van der Waals surface area contributed by atoms with Crippen LogP contribution in [0.2, 0.25) is 0 Å². The zero-order valence-corrected chi connectivity index (χ0v) is 12.8. The molecule has 2 rings (SSSR count). The Labute approximate surface area is 123 Å². The van der Waals surface area contributed by atoms with E-state index < -0.39 is 0 Å². The minimum atomic E-state index is 0. The fourth-order valence-corrected chi connectivity index (χ4v) is 3.35. The van der Waals surface area contributed by atoms with Crippen molar-refractivity contribution in [2.45, 2.75) is 57.8 Å². The van der Waals surface area contributed by atoms with E-state index in [1.807, 2.05) is 0 Å². The summed E-state index contributed by atoms with van der Waals surface area (Å²) >= 11 is 0. The molecule has 2 N–H and O–H groups in total. The number of carbonyl (C=O) groups excluding carboxylic acids is 1. The number of nitrogens with two attached hydrogens (primary N) is 1. The monoisotopic (exact) mass is 288 g/mol. The maximum atomic E-state index is 12.5. The van der Waals surface area contributed by atoms with E-state index in [0.717, 1.165) is 45.3 Å². The minimum Gasteiger partial charge on any atom is -0.342 e. The van der Waals surface area contributed by atoms with Gasteiger partial charge >= 0.3 is 0 Å². The summed E-state index contributed by atoms with van der Waals surface area (Å²) in [5, 5.41) is 0. The standard InChI is InChI=1S/C15H28N2O.ClH/c16-12-13-8-10-17(11-9-13)15(18)14-6-4-2-1-3-5-7-14;/h13-14H,1-12,16H2;1H. The Bertz CT molecular complexity index is 257. The number of hydrogen-bond donors (Lipinski definition) is 1. The number of amides is 1. The van der Waals surface area contributed by atoms with Gasteiger partial charge in [-0.3, -0.25) is 4.79 Å². The van der Waals surface area contributed by atoms with Gasteiger partial charge < -0.3 is 10.6 Å². The van der Waals surface area contributed by atoms with Crippen LogP contribution in [0.1, 0.15) is 57.8 Å². The molecule has 2 fully saturated rings. The molecule has 3 nitrogen and oxygen atoms in total. The van der Waals surface area contributed by atoms with Crippen molar-refractivity contribution < 1.29 is 4.79 Å². The predicted molar refractivity (Wildman–Crippen MR) is 81.4 cm³/mol. The Balaban J connectivity index is 0.00000180. The molecular formula is C15H29ClN2O. The number of nitrogens with zero attached hydrogens (tertiary/aromatic N) is 1. The first-order valence-electron chi connectivity index (χ1n) is 7.80. The van der Waals surface area contributed by atoms with E-state index in [2.05, 4.69) is 4.90 Å². The van der Waals surface area contributed by atoms with Crippen LogP contribution in [-0.2, 0) is 4.79 Å². The average molecular weight is 289 g/mol. The predicted octanol–water partition coefficient (Wildman–Crippen LogP) is 2.97. The van der Waals surface area contributed by atoms with E-state index in [1.54, 1.807) is 0 Å². The van der Waals surface area contributed by atoms with Gasteiger partial charge in [-0.1, -0.05) is 32.1 Å². The Morgan fingerprint density at radius 1 is 0.947 bits per heavy atom. The molecule has 0 spiro atoms. The molecule has 0 bridgehead atoms. The second kappa shape index (κ2) is 8.80. The summed E-state index contributed by atoms with van der Waals surface area (Å²) in [6.07, 6.45) is 10.9. The molecule has 0 radical (unpaired) electrons. The first kappa shape index (κ1) is 16.8. The largest absolute Gasteiger partial charge is 0.342 e. The summed E-state index contributed by atoms with van der Waals surface area (Å²) in [6, 6.07) is 0. The summed E-state index contributed by atoms with van der Waals surface area (Å²) in [6.45, 7) is 2.67. The second-order valence-corrected chi connectivity index (χ2v) is 6.05. The van der Waals surface area contributed by atoms with Gasteiger partial charge in [0.2, 0.25) is 5.91 Å². The molecule has 4 heteroatoms. The van der Waals surface area contributed by atoms with E-state index >= 15 is 0 Å². The van der Waals surface area contributed by atoms with Crippen LogP contribution in [0.15, 0.2) is 0 Å². The van der Waals surface area contributed by atoms with Crippen molar-refractivity contribution in [3.63, 3.8) is 0 Å². The minimum absolute atomic E-state index is 0. The van der Waals surface area contributed by atoms with Crippen molar-refractivity contribution in [3.05, 3.63) is 0 Å². The van der Waals surface area contributed by atoms with Gasteiger partial charge in [0.05, 0.1) is 0 Å². The van der Waals surface area contributed by atoms with Crippen LogP contribution >= 0.6 is 12.4 Å². The van der Waals surface area contributed by atoms with E-state index in [9.17, 15) is 4.79 Å². The van der Waals surface area contributed by atoms with Gasteiger partial charge in [0.1, 0.15) is 0 Å². The molecule has 1 saturated heterocycles. The molecule has 1 amide bonds. The molecule has 0 atom stereocenters. The summed E-state index contributed by atoms with van der Waals surface area (Å²) < 4.78 is 0. The SMILES string of the molecule is Cl.NCC1CCN(C(=O)C2CCCCCCC2)CC1. The molecule has 1 aliphatic heterocycles. The maximum absolute atomic E-state index is 12.5. The molecule has 0 unspecified atom stereocenters. The highest BCUT2D eigenvalue weighted by atomic mass is 35.5. The number of piperidine rings is 1. The van der Waals surface area contributed by atoms with Crippen LogP contribution in [0, 0.1) is 11.8 Å². The summed E-state index contributed by atoms with van der Waals surface area (Å²) in [5.74, 6) is 1.40. The quantitative estimate of drug-likeness (QED) is 0.849. The zero-order chi connectivity index (χ0) is 12.8. The van der Waals surface area contributed by atoms with Gasteiger partial charge in [-0.15, -0.1) is 12.4 Å². The Kier molecular flexibility index (Phi) is 7.77. The van der Waals surface area contributed by atoms with Gasteiger partial charge in [-0.25, -0.2) is 0 Å². The zero-order valence-electron chi connectivity index (χ0n) is 12.0. The van der Waals surface area contributed by atoms with Gasteiger partial charge in [0.15, 0.2) is 0 Å². The van der Waals surface area contributed by atoms with E-state index in [-0.39, 0.29) is 12.4 Å². The molecule has 112 valence electrons. The molecular weight excluding hydrogens is 260 g/mol. The third-order valence-corrected chi connectivity index (χ3v) is 4.71. The van der Waals surface area contributed by atoms with Crippen LogP contribution in [0.5, 0.6) is 0 Å². The van der Waals surface area contributed by atoms with Gasteiger partial charge in [-0.2, -0.15) is 0 Å². The van der Waals surface area contributed by atoms with Crippen LogP contribution in [-0.4, -0.2) is 30.4 Å². The van der Waals surface area contributed by atoms with Gasteiger partial charge in [-0.05, 0) is 38.1 Å². The Hall–Kier alpha value is -0.280. The fraction of sp³-hybridized carbons (Fsp3) is 0.933. The highest BCUT2D eigenvalue weighted by molar-refractivity contribution is 5.85. The Morgan fingerprint density at radius 3 is 2.00 bits per heavy atom. The van der Waals surface area contributed by atoms with Crippen molar-refractivity contribution in [1.82, 2.24) is 4.90 Å². The third-order valence-electron chi connectivity index (χ3n) is 4.71. The van der Waals surface area contributed by atoms with Crippen molar-refractivity contribution in [1.29, 1.82) is 0 Å². The third kappa shape index (κ3) is 4.96. The lowest BCUT2D eigenvalue weighted by atomic mass is 9.89. The lowest BCUT2D eigenvalue weighted by Crippen LogP contribution is -2.43. The molecule has 19 heavy (non-hydrogen) atoms. The summed E-state index contributed by atoms with van der Waals surface area (Å²) in [5.41, 5.74) is 5.70. The molecule has 0 aromatic heterocycles. The van der Waals surface area contributed by atoms with E-state index in [0.29, 0.717) is 17.7 Å². The molecule has 1 saturated carbocycles. The highest BCUT2D eigenvalue weighted by Gasteiger charge is 2.27. The van der Waals surface area contributed by atoms with Crippen LogP contribution < -0.4 is 5.73 Å². The molecule has 1 heterocycles. The van der Waals surface area contributed by atoms with Crippen molar-refractivity contribution in [3.8, 4) is 0 Å². The van der Waals surface area contributed by atoms with E-state index in [4.69, 9.17) is 5.73 Å². The Morgan fingerprint density at radius 2 is 1.47 bits per heavy atom. The molecule has 0 aromatic rings. The normalized spacial score (nSPS) is 23.3. The average Bonchev–Trinajstić information content (AvgIpc) is 2.38. The molecule has 2 aliphatic rings. The number of carbonyl (C=O) groups is 1. The lowest BCUT2D eigenvalue weighted by molar-refractivity contribution is -0.137. The first-order chi connectivity index (χ1) is 8.81. The molecule has 1 aliphatic carbocycles. The lowest BCUT2D eigenvalue weighted by Gasteiger charge is -2.34. The van der Waals surface area contributed by atoms with Crippen LogP contribution in [0.4, 0.5) is 0 Å².